The van der Waals surface area contributed by atoms with E-state index in [0.717, 1.165) is 11.4 Å². The van der Waals surface area contributed by atoms with E-state index in [1.807, 2.05) is 6.07 Å². The zero-order valence-corrected chi connectivity index (χ0v) is 6.90. The lowest BCUT2D eigenvalue weighted by Gasteiger charge is -1.82. The van der Waals surface area contributed by atoms with Crippen molar-refractivity contribution in [3.05, 3.63) is 17.5 Å². The smallest absolute Gasteiger partial charge is 0.0847 e. The number of nitrogens with one attached hydrogen (secondary N) is 1. The van der Waals surface area contributed by atoms with E-state index in [2.05, 4.69) is 10.2 Å². The fourth-order valence-electron chi connectivity index (χ4n) is 1.05. The molecule has 0 saturated heterocycles. The van der Waals surface area contributed by atoms with Gasteiger partial charge in [-0.25, -0.2) is 0 Å². The monoisotopic (exact) mass is 174 g/mol. The maximum absolute atomic E-state index is 8.68. The van der Waals surface area contributed by atoms with Crippen LogP contribution in [0.4, 0.5) is 0 Å². The Kier molecular flexibility index (Phi) is 2.52. The lowest BCUT2D eigenvalue weighted by Crippen LogP contribution is -1.79. The van der Waals surface area contributed by atoms with Crippen LogP contribution in [0.1, 0.15) is 30.1 Å². The van der Waals surface area contributed by atoms with E-state index in [0.29, 0.717) is 5.92 Å². The molecule has 2 N–H and O–H groups in total. The van der Waals surface area contributed by atoms with E-state index in [1.165, 1.54) is 12.8 Å². The quantitative estimate of drug-likeness (QED) is 0.708. The van der Waals surface area contributed by atoms with Crippen LogP contribution < -0.4 is 0 Å². The average Bonchev–Trinajstić information content (AvgIpc) is 2.70. The summed E-state index contributed by atoms with van der Waals surface area (Å²) in [6.45, 7) is 0.0692. The third kappa shape index (κ3) is 1.73. The van der Waals surface area contributed by atoms with Crippen LogP contribution in [-0.2, 0) is 6.61 Å². The molecule has 0 unspecified atom stereocenters. The first-order valence-electron chi connectivity index (χ1n) is 3.55. The van der Waals surface area contributed by atoms with Crippen LogP contribution >= 0.6 is 12.4 Å². The summed E-state index contributed by atoms with van der Waals surface area (Å²) in [4.78, 5) is 0. The summed E-state index contributed by atoms with van der Waals surface area (Å²) in [5.41, 5.74) is 1.94. The molecule has 3 nitrogen and oxygen atoms in total. The summed E-state index contributed by atoms with van der Waals surface area (Å²) < 4.78 is 0. The van der Waals surface area contributed by atoms with Crippen LogP contribution in [-0.4, -0.2) is 15.3 Å². The Morgan fingerprint density at radius 3 is 2.82 bits per heavy atom. The maximum atomic E-state index is 8.68. The molecular weight excluding hydrogens is 164 g/mol. The predicted molar refractivity (Wildman–Crippen MR) is 43.7 cm³/mol. The summed E-state index contributed by atoms with van der Waals surface area (Å²) in [6.07, 6.45) is 2.52. The summed E-state index contributed by atoms with van der Waals surface area (Å²) in [5.74, 6) is 0.677. The summed E-state index contributed by atoms with van der Waals surface area (Å²) in [7, 11) is 0. The van der Waals surface area contributed by atoms with Gasteiger partial charge in [0.1, 0.15) is 0 Å². The molecule has 1 saturated carbocycles. The van der Waals surface area contributed by atoms with Crippen molar-refractivity contribution in [2.24, 2.45) is 0 Å². The number of hydrogen-bond donors (Lipinski definition) is 2. The molecule has 0 atom stereocenters. The zero-order valence-electron chi connectivity index (χ0n) is 6.08. The second-order valence-electron chi connectivity index (χ2n) is 2.75. The number of H-pyrrole nitrogens is 1. The van der Waals surface area contributed by atoms with Crippen LogP contribution in [0.2, 0.25) is 0 Å². The van der Waals surface area contributed by atoms with E-state index in [9.17, 15) is 0 Å². The van der Waals surface area contributed by atoms with Gasteiger partial charge in [0.05, 0.1) is 18.0 Å². The van der Waals surface area contributed by atoms with Crippen LogP contribution in [0.15, 0.2) is 6.07 Å². The largest absolute Gasteiger partial charge is 0.390 e. The molecule has 0 amide bonds. The molecule has 11 heavy (non-hydrogen) atoms. The lowest BCUT2D eigenvalue weighted by atomic mass is 10.3. The first-order chi connectivity index (χ1) is 4.90. The highest BCUT2D eigenvalue weighted by Crippen LogP contribution is 2.38. The van der Waals surface area contributed by atoms with Crippen molar-refractivity contribution in [1.29, 1.82) is 0 Å². The second kappa shape index (κ2) is 3.24. The number of aromatic amines is 1. The SMILES string of the molecule is Cl.OCc1cc(C2CC2)n[nH]1. The molecule has 0 bridgehead atoms. The van der Waals surface area contributed by atoms with E-state index < -0.39 is 0 Å². The fourth-order valence-corrected chi connectivity index (χ4v) is 1.05. The van der Waals surface area contributed by atoms with Crippen LogP contribution in [0.25, 0.3) is 0 Å². The topological polar surface area (TPSA) is 48.9 Å². The van der Waals surface area contributed by atoms with Crippen molar-refractivity contribution >= 4 is 12.4 Å². The molecule has 2 rings (SSSR count). The Morgan fingerprint density at radius 2 is 2.36 bits per heavy atom. The number of aliphatic hydroxyl groups is 1. The first kappa shape index (κ1) is 8.56. The van der Waals surface area contributed by atoms with E-state index >= 15 is 0 Å². The van der Waals surface area contributed by atoms with Gasteiger partial charge in [-0.15, -0.1) is 12.4 Å². The molecule has 4 heteroatoms. The third-order valence-electron chi connectivity index (χ3n) is 1.82. The number of aliphatic hydroxyl groups excluding tert-OH is 1. The van der Waals surface area contributed by atoms with E-state index in [1.54, 1.807) is 0 Å². The summed E-state index contributed by atoms with van der Waals surface area (Å²) >= 11 is 0. The Balaban J connectivity index is 0.000000605. The predicted octanol–water partition coefficient (Wildman–Crippen LogP) is 1.20. The Labute approximate surface area is 71.2 Å². The van der Waals surface area contributed by atoms with Crippen molar-refractivity contribution in [2.75, 3.05) is 0 Å². The Morgan fingerprint density at radius 1 is 1.64 bits per heavy atom. The zero-order chi connectivity index (χ0) is 6.97. The molecule has 0 aromatic carbocycles. The number of hydrogen-bond acceptors (Lipinski definition) is 2. The molecule has 0 radical (unpaired) electrons. The van der Waals surface area contributed by atoms with Gasteiger partial charge in [-0.1, -0.05) is 0 Å². The van der Waals surface area contributed by atoms with Crippen molar-refractivity contribution in [2.45, 2.75) is 25.4 Å². The highest BCUT2D eigenvalue weighted by atomic mass is 35.5. The molecule has 1 fully saturated rings. The van der Waals surface area contributed by atoms with Crippen LogP contribution in [0.5, 0.6) is 0 Å². The number of halogens is 1. The van der Waals surface area contributed by atoms with Crippen molar-refractivity contribution < 1.29 is 5.11 Å². The third-order valence-corrected chi connectivity index (χ3v) is 1.82. The van der Waals surface area contributed by atoms with Crippen molar-refractivity contribution in [3.63, 3.8) is 0 Å². The molecule has 0 aliphatic heterocycles. The fraction of sp³-hybridized carbons (Fsp3) is 0.571. The first-order valence-corrected chi connectivity index (χ1v) is 3.55. The lowest BCUT2D eigenvalue weighted by molar-refractivity contribution is 0.276. The summed E-state index contributed by atoms with van der Waals surface area (Å²) in [6, 6.07) is 1.94. The molecule has 1 aliphatic rings. The number of aromatic nitrogens is 2. The van der Waals surface area contributed by atoms with Gasteiger partial charge in [0.25, 0.3) is 0 Å². The van der Waals surface area contributed by atoms with Crippen molar-refractivity contribution in [3.8, 4) is 0 Å². The molecule has 0 spiro atoms. The van der Waals surface area contributed by atoms with E-state index in [4.69, 9.17) is 5.11 Å². The van der Waals surface area contributed by atoms with Gasteiger partial charge >= 0.3 is 0 Å². The van der Waals surface area contributed by atoms with Gasteiger partial charge in [0.2, 0.25) is 0 Å². The van der Waals surface area contributed by atoms with Gasteiger partial charge < -0.3 is 5.11 Å². The standard InChI is InChI=1S/C7H10N2O.ClH/c10-4-6-3-7(9-8-6)5-1-2-5;/h3,5,10H,1-2,4H2,(H,8,9);1H. The van der Waals surface area contributed by atoms with Gasteiger partial charge in [-0.05, 0) is 18.9 Å². The molecular formula is C7H11ClN2O. The van der Waals surface area contributed by atoms with E-state index in [-0.39, 0.29) is 19.0 Å². The minimum atomic E-state index is 0. The van der Waals surface area contributed by atoms with Gasteiger partial charge in [-0.2, -0.15) is 5.10 Å². The van der Waals surface area contributed by atoms with Crippen LogP contribution in [0, 0.1) is 0 Å². The number of rotatable bonds is 2. The Bertz CT molecular complexity index is 232. The summed E-state index contributed by atoms with van der Waals surface area (Å²) in [5, 5.41) is 15.5. The highest BCUT2D eigenvalue weighted by Gasteiger charge is 2.25. The minimum absolute atomic E-state index is 0. The van der Waals surface area contributed by atoms with Gasteiger partial charge in [0, 0.05) is 5.92 Å². The normalized spacial score (nSPS) is 16.1. The van der Waals surface area contributed by atoms with Crippen molar-refractivity contribution in [1.82, 2.24) is 10.2 Å². The molecule has 1 aromatic heterocycles. The molecule has 1 heterocycles. The molecule has 1 aromatic rings. The Hall–Kier alpha value is -0.540. The van der Waals surface area contributed by atoms with Crippen LogP contribution in [0.3, 0.4) is 0 Å². The molecule has 62 valence electrons. The number of nitrogens with zero attached hydrogens (tertiary/aromatic N) is 1. The minimum Gasteiger partial charge on any atom is -0.390 e. The second-order valence-corrected chi connectivity index (χ2v) is 2.75. The maximum Gasteiger partial charge on any atom is 0.0847 e. The molecule has 1 aliphatic carbocycles. The van der Waals surface area contributed by atoms with Gasteiger partial charge in [0.15, 0.2) is 0 Å². The highest BCUT2D eigenvalue weighted by molar-refractivity contribution is 5.85. The average molecular weight is 175 g/mol. The van der Waals surface area contributed by atoms with Gasteiger partial charge in [-0.3, -0.25) is 5.10 Å².